The monoisotopic (exact) mass is 372 g/mol. The van der Waals surface area contributed by atoms with Crippen molar-refractivity contribution >= 4 is 26.8 Å². The summed E-state index contributed by atoms with van der Waals surface area (Å²) in [5.74, 6) is -0.298. The van der Waals surface area contributed by atoms with Gasteiger partial charge in [0.25, 0.3) is 0 Å². The van der Waals surface area contributed by atoms with E-state index in [-0.39, 0.29) is 12.4 Å². The first-order chi connectivity index (χ1) is 12.3. The molecule has 3 rings (SSSR count). The molecule has 2 aromatic heterocycles. The van der Waals surface area contributed by atoms with E-state index < -0.39 is 9.84 Å². The van der Waals surface area contributed by atoms with Crippen LogP contribution in [0.4, 0.5) is 0 Å². The minimum absolute atomic E-state index is 0.185. The van der Waals surface area contributed by atoms with Gasteiger partial charge in [-0.15, -0.1) is 0 Å². The lowest BCUT2D eigenvalue weighted by Crippen LogP contribution is -2.07. The molecular formula is C19H20N2O4S. The number of ether oxygens (including phenoxy) is 1. The highest BCUT2D eigenvalue weighted by Gasteiger charge is 2.18. The van der Waals surface area contributed by atoms with E-state index in [0.29, 0.717) is 11.4 Å². The number of benzene rings is 1. The molecule has 0 spiro atoms. The Hall–Kier alpha value is -2.67. The van der Waals surface area contributed by atoms with E-state index in [1.807, 2.05) is 23.6 Å². The van der Waals surface area contributed by atoms with Crippen LogP contribution in [0, 0.1) is 6.92 Å². The van der Waals surface area contributed by atoms with Crippen LogP contribution in [0.5, 0.6) is 0 Å². The van der Waals surface area contributed by atoms with E-state index in [1.165, 1.54) is 13.4 Å². The number of carbonyl (C=O) groups excluding carboxylic acids is 1. The maximum atomic E-state index is 11.8. The summed E-state index contributed by atoms with van der Waals surface area (Å²) < 4.78 is 30.0. The Morgan fingerprint density at radius 1 is 1.19 bits per heavy atom. The van der Waals surface area contributed by atoms with Crippen molar-refractivity contribution in [3.8, 4) is 0 Å². The standard InChI is InChI=1S/C19H20N2O4S/c1-13-17(11-18(22)25-2)16-5-4-10-20-19(16)21(13)12-14-6-8-15(9-7-14)26(3,23)24/h4-10H,11-12H2,1-3H3. The molecule has 136 valence electrons. The van der Waals surface area contributed by atoms with Crippen molar-refractivity contribution in [3.63, 3.8) is 0 Å². The van der Waals surface area contributed by atoms with Crippen molar-refractivity contribution in [1.29, 1.82) is 0 Å². The van der Waals surface area contributed by atoms with Crippen LogP contribution < -0.4 is 0 Å². The van der Waals surface area contributed by atoms with Gasteiger partial charge in [0.15, 0.2) is 9.84 Å². The molecule has 0 radical (unpaired) electrons. The fourth-order valence-electron chi connectivity index (χ4n) is 3.02. The summed E-state index contributed by atoms with van der Waals surface area (Å²) in [6.07, 6.45) is 3.09. The van der Waals surface area contributed by atoms with Gasteiger partial charge in [0, 0.05) is 30.1 Å². The summed E-state index contributed by atoms with van der Waals surface area (Å²) in [5, 5.41) is 0.920. The summed E-state index contributed by atoms with van der Waals surface area (Å²) in [4.78, 5) is 16.5. The molecule has 0 aliphatic carbocycles. The Kier molecular flexibility index (Phi) is 4.82. The number of sulfone groups is 1. The number of fused-ring (bicyclic) bond motifs is 1. The SMILES string of the molecule is COC(=O)Cc1c(C)n(Cc2ccc(S(C)(=O)=O)cc2)c2ncccc12. The molecule has 0 aliphatic rings. The third-order valence-corrected chi connectivity index (χ3v) is 5.58. The van der Waals surface area contributed by atoms with Crippen LogP contribution in [-0.2, 0) is 32.3 Å². The number of rotatable bonds is 5. The molecule has 7 heteroatoms. The second kappa shape index (κ2) is 6.92. The van der Waals surface area contributed by atoms with Crippen LogP contribution >= 0.6 is 0 Å². The number of esters is 1. The van der Waals surface area contributed by atoms with Crippen LogP contribution in [0.1, 0.15) is 16.8 Å². The minimum atomic E-state index is -3.22. The zero-order valence-electron chi connectivity index (χ0n) is 14.9. The highest BCUT2D eigenvalue weighted by molar-refractivity contribution is 7.90. The molecule has 0 aliphatic heterocycles. The Morgan fingerprint density at radius 2 is 1.88 bits per heavy atom. The van der Waals surface area contributed by atoms with Crippen LogP contribution in [-0.4, -0.2) is 37.3 Å². The van der Waals surface area contributed by atoms with Gasteiger partial charge in [-0.2, -0.15) is 0 Å². The normalized spacial score (nSPS) is 11.7. The molecule has 3 aromatic rings. The van der Waals surface area contributed by atoms with Gasteiger partial charge in [0.2, 0.25) is 0 Å². The van der Waals surface area contributed by atoms with Crippen molar-refractivity contribution in [2.75, 3.05) is 13.4 Å². The number of methoxy groups -OCH3 is 1. The zero-order valence-corrected chi connectivity index (χ0v) is 15.7. The smallest absolute Gasteiger partial charge is 0.310 e. The highest BCUT2D eigenvalue weighted by atomic mass is 32.2. The Labute approximate surface area is 152 Å². The first kappa shape index (κ1) is 18.1. The average molecular weight is 372 g/mol. The van der Waals surface area contributed by atoms with Crippen LogP contribution in [0.2, 0.25) is 0 Å². The van der Waals surface area contributed by atoms with Crippen LogP contribution in [0.15, 0.2) is 47.5 Å². The second-order valence-corrected chi connectivity index (χ2v) is 8.21. The molecule has 0 saturated carbocycles. The average Bonchev–Trinajstić information content (AvgIpc) is 2.87. The van der Waals surface area contributed by atoms with Gasteiger partial charge in [-0.1, -0.05) is 12.1 Å². The molecule has 0 unspecified atom stereocenters. The number of carbonyl (C=O) groups is 1. The van der Waals surface area contributed by atoms with Gasteiger partial charge >= 0.3 is 5.97 Å². The Morgan fingerprint density at radius 3 is 2.50 bits per heavy atom. The molecule has 0 bridgehead atoms. The molecule has 6 nitrogen and oxygen atoms in total. The molecule has 0 amide bonds. The van der Waals surface area contributed by atoms with Crippen molar-refractivity contribution < 1.29 is 17.9 Å². The summed E-state index contributed by atoms with van der Waals surface area (Å²) >= 11 is 0. The summed E-state index contributed by atoms with van der Waals surface area (Å²) in [7, 11) is -1.84. The van der Waals surface area contributed by atoms with E-state index in [1.54, 1.807) is 30.5 Å². The quantitative estimate of drug-likeness (QED) is 0.643. The molecule has 0 N–H and O–H groups in total. The van der Waals surface area contributed by atoms with Gasteiger partial charge in [-0.05, 0) is 42.3 Å². The van der Waals surface area contributed by atoms with Crippen molar-refractivity contribution in [2.24, 2.45) is 0 Å². The number of nitrogens with zero attached hydrogens (tertiary/aromatic N) is 2. The topological polar surface area (TPSA) is 78.3 Å². The lowest BCUT2D eigenvalue weighted by molar-refractivity contribution is -0.139. The molecular weight excluding hydrogens is 352 g/mol. The zero-order chi connectivity index (χ0) is 18.9. The molecule has 1 aromatic carbocycles. The fourth-order valence-corrected chi connectivity index (χ4v) is 3.65. The molecule has 0 fully saturated rings. The van der Waals surface area contributed by atoms with E-state index in [9.17, 15) is 13.2 Å². The predicted molar refractivity (Wildman–Crippen MR) is 98.8 cm³/mol. The third kappa shape index (κ3) is 3.48. The lowest BCUT2D eigenvalue weighted by Gasteiger charge is -2.09. The van der Waals surface area contributed by atoms with E-state index in [4.69, 9.17) is 4.74 Å². The predicted octanol–water partition coefficient (Wildman–Crippen LogP) is 2.51. The van der Waals surface area contributed by atoms with Crippen molar-refractivity contribution in [2.45, 2.75) is 24.8 Å². The molecule has 0 saturated heterocycles. The molecule has 0 atom stereocenters. The number of hydrogen-bond acceptors (Lipinski definition) is 5. The van der Waals surface area contributed by atoms with Gasteiger partial charge in [0.05, 0.1) is 18.4 Å². The highest BCUT2D eigenvalue weighted by Crippen LogP contribution is 2.26. The Balaban J connectivity index is 2.02. The van der Waals surface area contributed by atoms with Gasteiger partial charge < -0.3 is 9.30 Å². The number of aromatic nitrogens is 2. The summed E-state index contributed by atoms with van der Waals surface area (Å²) in [6.45, 7) is 2.48. The van der Waals surface area contributed by atoms with Crippen molar-refractivity contribution in [3.05, 3.63) is 59.4 Å². The number of hydrogen-bond donors (Lipinski definition) is 0. The molecule has 26 heavy (non-hydrogen) atoms. The summed E-state index contributed by atoms with van der Waals surface area (Å²) in [5.41, 5.74) is 3.58. The largest absolute Gasteiger partial charge is 0.469 e. The van der Waals surface area contributed by atoms with Gasteiger partial charge in [-0.25, -0.2) is 13.4 Å². The first-order valence-corrected chi connectivity index (χ1v) is 9.99. The van der Waals surface area contributed by atoms with Gasteiger partial charge in [0.1, 0.15) is 5.65 Å². The van der Waals surface area contributed by atoms with E-state index >= 15 is 0 Å². The van der Waals surface area contributed by atoms with Crippen LogP contribution in [0.25, 0.3) is 11.0 Å². The van der Waals surface area contributed by atoms with Crippen molar-refractivity contribution in [1.82, 2.24) is 9.55 Å². The Bertz CT molecular complexity index is 1070. The maximum Gasteiger partial charge on any atom is 0.310 e. The van der Waals surface area contributed by atoms with E-state index in [2.05, 4.69) is 4.98 Å². The second-order valence-electron chi connectivity index (χ2n) is 6.19. The molecule has 2 heterocycles. The van der Waals surface area contributed by atoms with Crippen LogP contribution in [0.3, 0.4) is 0 Å². The third-order valence-electron chi connectivity index (χ3n) is 4.45. The van der Waals surface area contributed by atoms with E-state index in [0.717, 1.165) is 27.9 Å². The minimum Gasteiger partial charge on any atom is -0.469 e. The van der Waals surface area contributed by atoms with Gasteiger partial charge in [-0.3, -0.25) is 4.79 Å². The maximum absolute atomic E-state index is 11.8. The number of pyridine rings is 1. The fraction of sp³-hybridized carbons (Fsp3) is 0.263. The first-order valence-electron chi connectivity index (χ1n) is 8.09. The lowest BCUT2D eigenvalue weighted by atomic mass is 10.1. The summed E-state index contributed by atoms with van der Waals surface area (Å²) in [6, 6.07) is 10.6.